The molecule has 1 heterocycles. The van der Waals surface area contributed by atoms with Crippen LogP contribution in [0.2, 0.25) is 0 Å². The second-order valence-corrected chi connectivity index (χ2v) is 6.37. The van der Waals surface area contributed by atoms with Crippen molar-refractivity contribution in [1.82, 2.24) is 4.90 Å². The molecule has 144 valence electrons. The maximum Gasteiger partial charge on any atom is 0.411 e. The molecular formula is C14H24N2O9. The summed E-state index contributed by atoms with van der Waals surface area (Å²) in [6.45, 7) is 4.77. The highest BCUT2D eigenvalue weighted by atomic mass is 17.0. The van der Waals surface area contributed by atoms with Crippen molar-refractivity contribution < 1.29 is 38.8 Å². The topological polar surface area (TPSA) is 138 Å². The van der Waals surface area contributed by atoms with Crippen LogP contribution in [0.4, 0.5) is 4.79 Å². The first-order valence-electron chi connectivity index (χ1n) is 7.79. The minimum absolute atomic E-state index is 0.0105. The molecule has 0 aliphatic carbocycles. The standard InChI is InChI=1S/C14H24N2O9/c1-14(2,3)25-13(19)15-9-10(17)8-11(15)12(18)23-6-4-22-5-7-24-16(20)21/h10-11,17H,4-9H2,1-3H3/t10-,11+/m1/s1. The van der Waals surface area contributed by atoms with Crippen molar-refractivity contribution in [3.05, 3.63) is 10.1 Å². The number of amides is 1. The summed E-state index contributed by atoms with van der Waals surface area (Å²) in [6.07, 6.45) is -1.46. The van der Waals surface area contributed by atoms with Gasteiger partial charge >= 0.3 is 12.1 Å². The summed E-state index contributed by atoms with van der Waals surface area (Å²) < 4.78 is 15.2. The minimum atomic E-state index is -0.931. The summed E-state index contributed by atoms with van der Waals surface area (Å²) in [5.41, 5.74) is -0.723. The number of carbonyl (C=O) groups excluding carboxylic acids is 2. The fraction of sp³-hybridized carbons (Fsp3) is 0.857. The number of aliphatic hydroxyl groups excluding tert-OH is 1. The van der Waals surface area contributed by atoms with E-state index in [2.05, 4.69) is 4.84 Å². The second kappa shape index (κ2) is 9.37. The fourth-order valence-electron chi connectivity index (χ4n) is 2.13. The van der Waals surface area contributed by atoms with Crippen molar-refractivity contribution >= 4 is 12.1 Å². The van der Waals surface area contributed by atoms with Gasteiger partial charge in [0.2, 0.25) is 0 Å². The van der Waals surface area contributed by atoms with Gasteiger partial charge in [0.15, 0.2) is 0 Å². The highest BCUT2D eigenvalue weighted by molar-refractivity contribution is 5.82. The lowest BCUT2D eigenvalue weighted by molar-refractivity contribution is -0.758. The zero-order valence-electron chi connectivity index (χ0n) is 14.5. The van der Waals surface area contributed by atoms with Gasteiger partial charge in [0.05, 0.1) is 25.9 Å². The molecule has 1 saturated heterocycles. The number of hydrogen-bond acceptors (Lipinski definition) is 9. The van der Waals surface area contributed by atoms with Crippen LogP contribution in [0.5, 0.6) is 0 Å². The molecule has 0 bridgehead atoms. The predicted octanol–water partition coefficient (Wildman–Crippen LogP) is 0.125. The van der Waals surface area contributed by atoms with E-state index in [0.717, 1.165) is 4.90 Å². The van der Waals surface area contributed by atoms with Crippen LogP contribution in [0.3, 0.4) is 0 Å². The molecule has 2 atom stereocenters. The lowest BCUT2D eigenvalue weighted by Crippen LogP contribution is -2.44. The number of nitrogens with zero attached hydrogens (tertiary/aromatic N) is 2. The van der Waals surface area contributed by atoms with Crippen molar-refractivity contribution in [3.8, 4) is 0 Å². The number of β-amino-alcohol motifs (C(OH)–C–C–N with tert-alkyl or cyclic N) is 1. The van der Waals surface area contributed by atoms with E-state index in [1.807, 2.05) is 0 Å². The van der Waals surface area contributed by atoms with Crippen molar-refractivity contribution in [2.75, 3.05) is 33.0 Å². The van der Waals surface area contributed by atoms with Crippen molar-refractivity contribution in [1.29, 1.82) is 0 Å². The normalized spacial score (nSPS) is 20.2. The van der Waals surface area contributed by atoms with Gasteiger partial charge in [-0.3, -0.25) is 4.90 Å². The fourth-order valence-corrected chi connectivity index (χ4v) is 2.13. The number of ether oxygens (including phenoxy) is 3. The SMILES string of the molecule is CC(C)(C)OC(=O)N1C[C@H](O)C[C@H]1C(=O)OCCOCCO[N+](=O)[O-]. The zero-order chi connectivity index (χ0) is 19.0. The molecule has 1 aliphatic heterocycles. The van der Waals surface area contributed by atoms with Gasteiger partial charge in [-0.25, -0.2) is 9.59 Å². The van der Waals surface area contributed by atoms with E-state index in [4.69, 9.17) is 14.2 Å². The molecule has 0 aromatic heterocycles. The Morgan fingerprint density at radius 3 is 2.48 bits per heavy atom. The molecule has 1 amide bonds. The maximum absolute atomic E-state index is 12.1. The van der Waals surface area contributed by atoms with Crippen LogP contribution in [0.15, 0.2) is 0 Å². The third kappa shape index (κ3) is 7.98. The Bertz CT molecular complexity index is 477. The van der Waals surface area contributed by atoms with Gasteiger partial charge in [0, 0.05) is 6.42 Å². The summed E-state index contributed by atoms with van der Waals surface area (Å²) in [5, 5.41) is 18.7. The highest BCUT2D eigenvalue weighted by Crippen LogP contribution is 2.22. The number of likely N-dealkylation sites (tertiary alicyclic amines) is 1. The van der Waals surface area contributed by atoms with Crippen LogP contribution in [-0.4, -0.2) is 77.9 Å². The number of aliphatic hydroxyl groups is 1. The smallest absolute Gasteiger partial charge is 0.411 e. The average Bonchev–Trinajstić information content (AvgIpc) is 2.86. The zero-order valence-corrected chi connectivity index (χ0v) is 14.5. The van der Waals surface area contributed by atoms with Crippen molar-refractivity contribution in [2.45, 2.75) is 44.9 Å². The minimum Gasteiger partial charge on any atom is -0.462 e. The van der Waals surface area contributed by atoms with Crippen molar-refractivity contribution in [2.24, 2.45) is 0 Å². The molecule has 0 spiro atoms. The lowest BCUT2D eigenvalue weighted by Gasteiger charge is -2.27. The molecule has 1 fully saturated rings. The maximum atomic E-state index is 12.1. The highest BCUT2D eigenvalue weighted by Gasteiger charge is 2.41. The van der Waals surface area contributed by atoms with E-state index in [-0.39, 0.29) is 39.4 Å². The molecule has 1 rings (SSSR count). The van der Waals surface area contributed by atoms with Gasteiger partial charge in [-0.1, -0.05) is 0 Å². The Morgan fingerprint density at radius 2 is 1.88 bits per heavy atom. The van der Waals surface area contributed by atoms with Crippen molar-refractivity contribution in [3.63, 3.8) is 0 Å². The van der Waals surface area contributed by atoms with Crippen LogP contribution in [-0.2, 0) is 23.8 Å². The van der Waals surface area contributed by atoms with Gasteiger partial charge in [-0.2, -0.15) is 0 Å². The summed E-state index contributed by atoms with van der Waals surface area (Å²) in [7, 11) is 0. The van der Waals surface area contributed by atoms with E-state index in [9.17, 15) is 24.8 Å². The molecule has 11 heteroatoms. The van der Waals surface area contributed by atoms with Crippen LogP contribution in [0, 0.1) is 10.1 Å². The number of rotatable bonds is 8. The van der Waals surface area contributed by atoms with Crippen LogP contribution < -0.4 is 0 Å². The summed E-state index contributed by atoms with van der Waals surface area (Å²) in [4.78, 5) is 39.3. The summed E-state index contributed by atoms with van der Waals surface area (Å²) in [5.74, 6) is -0.674. The molecule has 0 aromatic carbocycles. The number of carbonyl (C=O) groups is 2. The van der Waals surface area contributed by atoms with E-state index < -0.39 is 34.9 Å². The molecule has 0 radical (unpaired) electrons. The third-order valence-corrected chi connectivity index (χ3v) is 3.08. The van der Waals surface area contributed by atoms with Gasteiger partial charge in [0.25, 0.3) is 5.09 Å². The molecule has 11 nitrogen and oxygen atoms in total. The van der Waals surface area contributed by atoms with E-state index in [1.54, 1.807) is 20.8 Å². The first-order chi connectivity index (χ1) is 11.6. The largest absolute Gasteiger partial charge is 0.462 e. The van der Waals surface area contributed by atoms with Crippen LogP contribution in [0.1, 0.15) is 27.2 Å². The Labute approximate surface area is 144 Å². The van der Waals surface area contributed by atoms with Crippen LogP contribution >= 0.6 is 0 Å². The first-order valence-corrected chi connectivity index (χ1v) is 7.79. The Balaban J connectivity index is 2.37. The van der Waals surface area contributed by atoms with E-state index >= 15 is 0 Å². The third-order valence-electron chi connectivity index (χ3n) is 3.08. The Kier molecular flexibility index (Phi) is 7.84. The first kappa shape index (κ1) is 20.9. The molecule has 0 unspecified atom stereocenters. The summed E-state index contributed by atoms with van der Waals surface area (Å²) >= 11 is 0. The summed E-state index contributed by atoms with van der Waals surface area (Å²) in [6, 6.07) is -0.928. The Hall–Kier alpha value is -2.14. The molecule has 25 heavy (non-hydrogen) atoms. The van der Waals surface area contributed by atoms with Gasteiger partial charge in [0.1, 0.15) is 24.9 Å². The molecule has 0 saturated carbocycles. The average molecular weight is 364 g/mol. The molecular weight excluding hydrogens is 340 g/mol. The second-order valence-electron chi connectivity index (χ2n) is 6.37. The molecule has 1 aliphatic rings. The van der Waals surface area contributed by atoms with E-state index in [1.165, 1.54) is 0 Å². The Morgan fingerprint density at radius 1 is 1.24 bits per heavy atom. The van der Waals surface area contributed by atoms with Gasteiger partial charge in [-0.05, 0) is 20.8 Å². The monoisotopic (exact) mass is 364 g/mol. The molecule has 0 aromatic rings. The van der Waals surface area contributed by atoms with Crippen LogP contribution in [0.25, 0.3) is 0 Å². The number of hydrogen-bond donors (Lipinski definition) is 1. The van der Waals surface area contributed by atoms with E-state index in [0.29, 0.717) is 0 Å². The predicted molar refractivity (Wildman–Crippen MR) is 82.1 cm³/mol. The van der Waals surface area contributed by atoms with Gasteiger partial charge < -0.3 is 24.2 Å². The quantitative estimate of drug-likeness (QED) is 0.275. The van der Waals surface area contributed by atoms with Gasteiger partial charge in [-0.15, -0.1) is 10.1 Å². The number of esters is 1. The lowest BCUT2D eigenvalue weighted by atomic mass is 10.2. The molecule has 1 N–H and O–H groups in total.